The van der Waals surface area contributed by atoms with Crippen LogP contribution in [0.15, 0.2) is 18.3 Å². The minimum Gasteiger partial charge on any atom is -0.360 e. The molecule has 0 aliphatic carbocycles. The molecule has 12 heavy (non-hydrogen) atoms. The maximum atomic E-state index is 13.0. The molecule has 2 aromatic rings. The summed E-state index contributed by atoms with van der Waals surface area (Å²) in [7, 11) is 0. The highest BCUT2D eigenvalue weighted by molar-refractivity contribution is 14.1. The average Bonchev–Trinajstić information content (AvgIpc) is 2.41. The first-order valence-electron chi connectivity index (χ1n) is 3.62. The van der Waals surface area contributed by atoms with Crippen LogP contribution in [0, 0.1) is 16.3 Å². The Morgan fingerprint density at radius 3 is 2.92 bits per heavy atom. The summed E-state index contributed by atoms with van der Waals surface area (Å²) in [5.74, 6) is -0.152. The van der Waals surface area contributed by atoms with E-state index in [2.05, 4.69) is 27.6 Å². The lowest BCUT2D eigenvalue weighted by Crippen LogP contribution is -1.82. The number of nitrogens with one attached hydrogen (secondary N) is 1. The first-order valence-corrected chi connectivity index (χ1v) is 4.69. The van der Waals surface area contributed by atoms with Gasteiger partial charge in [-0.25, -0.2) is 4.39 Å². The highest BCUT2D eigenvalue weighted by Gasteiger charge is 2.06. The number of aryl methyl sites for hydroxylation is 1. The van der Waals surface area contributed by atoms with E-state index in [-0.39, 0.29) is 5.82 Å². The van der Waals surface area contributed by atoms with Gasteiger partial charge in [-0.3, -0.25) is 0 Å². The van der Waals surface area contributed by atoms with E-state index in [4.69, 9.17) is 0 Å². The summed E-state index contributed by atoms with van der Waals surface area (Å²) < 4.78 is 14.2. The second-order valence-electron chi connectivity index (χ2n) is 2.73. The van der Waals surface area contributed by atoms with E-state index in [0.29, 0.717) is 5.56 Å². The van der Waals surface area contributed by atoms with Gasteiger partial charge in [0.1, 0.15) is 5.82 Å². The lowest BCUT2D eigenvalue weighted by Gasteiger charge is -1.97. The van der Waals surface area contributed by atoms with E-state index < -0.39 is 0 Å². The van der Waals surface area contributed by atoms with Crippen molar-refractivity contribution in [3.63, 3.8) is 0 Å². The second kappa shape index (κ2) is 2.73. The number of fused-ring (bicyclic) bond motifs is 1. The van der Waals surface area contributed by atoms with E-state index >= 15 is 0 Å². The van der Waals surface area contributed by atoms with E-state index in [9.17, 15) is 4.39 Å². The van der Waals surface area contributed by atoms with Gasteiger partial charge in [0.05, 0.1) is 5.52 Å². The first-order chi connectivity index (χ1) is 5.70. The van der Waals surface area contributed by atoms with Crippen molar-refractivity contribution in [1.29, 1.82) is 0 Å². The van der Waals surface area contributed by atoms with E-state index in [1.165, 1.54) is 6.07 Å². The molecule has 1 heterocycles. The summed E-state index contributed by atoms with van der Waals surface area (Å²) in [6.07, 6.45) is 1.89. The van der Waals surface area contributed by atoms with Gasteiger partial charge in [-0.1, -0.05) is 0 Å². The molecule has 0 radical (unpaired) electrons. The Hall–Kier alpha value is -0.580. The van der Waals surface area contributed by atoms with Crippen molar-refractivity contribution in [3.8, 4) is 0 Å². The number of halogens is 2. The number of aromatic amines is 1. The second-order valence-corrected chi connectivity index (χ2v) is 3.89. The van der Waals surface area contributed by atoms with Crippen LogP contribution < -0.4 is 0 Å². The van der Waals surface area contributed by atoms with Crippen LogP contribution in [0.2, 0.25) is 0 Å². The third-order valence-corrected chi connectivity index (χ3v) is 2.89. The van der Waals surface area contributed by atoms with E-state index in [1.807, 2.05) is 6.20 Å². The third kappa shape index (κ3) is 1.03. The zero-order valence-electron chi connectivity index (χ0n) is 6.49. The van der Waals surface area contributed by atoms with Crippen molar-refractivity contribution in [2.75, 3.05) is 0 Å². The zero-order valence-corrected chi connectivity index (χ0v) is 8.65. The Bertz CT molecular complexity index is 433. The van der Waals surface area contributed by atoms with Crippen LogP contribution in [-0.4, -0.2) is 4.98 Å². The van der Waals surface area contributed by atoms with Crippen molar-refractivity contribution in [2.45, 2.75) is 6.92 Å². The summed E-state index contributed by atoms with van der Waals surface area (Å²) in [5, 5.41) is 1.09. The van der Waals surface area contributed by atoms with Gasteiger partial charge in [0.15, 0.2) is 0 Å². The van der Waals surface area contributed by atoms with Gasteiger partial charge in [0.2, 0.25) is 0 Å². The fraction of sp³-hybridized carbons (Fsp3) is 0.111. The Morgan fingerprint density at radius 2 is 2.17 bits per heavy atom. The lowest BCUT2D eigenvalue weighted by atomic mass is 10.1. The fourth-order valence-corrected chi connectivity index (χ4v) is 1.89. The van der Waals surface area contributed by atoms with Gasteiger partial charge in [-0.2, -0.15) is 0 Å². The standard InChI is InChI=1S/C9H7FIN/c1-5-7(10)3-2-6-8(11)4-12-9(5)6/h2-4,12H,1H3. The molecule has 1 aromatic heterocycles. The van der Waals surface area contributed by atoms with Crippen LogP contribution in [-0.2, 0) is 0 Å². The van der Waals surface area contributed by atoms with Crippen molar-refractivity contribution >= 4 is 33.5 Å². The van der Waals surface area contributed by atoms with E-state index in [0.717, 1.165) is 14.5 Å². The number of rotatable bonds is 0. The molecule has 0 spiro atoms. The molecule has 1 aromatic carbocycles. The molecule has 0 saturated heterocycles. The molecule has 2 rings (SSSR count). The van der Waals surface area contributed by atoms with Crippen LogP contribution in [0.4, 0.5) is 4.39 Å². The summed E-state index contributed by atoms with van der Waals surface area (Å²) in [6.45, 7) is 1.78. The Morgan fingerprint density at radius 1 is 1.42 bits per heavy atom. The topological polar surface area (TPSA) is 15.8 Å². The van der Waals surface area contributed by atoms with Crippen molar-refractivity contribution < 1.29 is 4.39 Å². The van der Waals surface area contributed by atoms with Crippen LogP contribution in [0.25, 0.3) is 10.9 Å². The monoisotopic (exact) mass is 275 g/mol. The SMILES string of the molecule is Cc1c(F)ccc2c(I)c[nH]c12. The van der Waals surface area contributed by atoms with Gasteiger partial charge in [0, 0.05) is 20.7 Å². The van der Waals surface area contributed by atoms with Crippen molar-refractivity contribution in [1.82, 2.24) is 4.98 Å². The predicted octanol–water partition coefficient (Wildman–Crippen LogP) is 3.22. The fourth-order valence-electron chi connectivity index (χ4n) is 1.28. The number of aromatic nitrogens is 1. The maximum Gasteiger partial charge on any atom is 0.128 e. The molecule has 0 fully saturated rings. The van der Waals surface area contributed by atoms with Crippen LogP contribution >= 0.6 is 22.6 Å². The molecule has 0 aliphatic heterocycles. The van der Waals surface area contributed by atoms with Gasteiger partial charge < -0.3 is 4.98 Å². The van der Waals surface area contributed by atoms with Gasteiger partial charge in [0.25, 0.3) is 0 Å². The largest absolute Gasteiger partial charge is 0.360 e. The zero-order chi connectivity index (χ0) is 8.72. The molecule has 0 saturated carbocycles. The van der Waals surface area contributed by atoms with Crippen LogP contribution in [0.5, 0.6) is 0 Å². The lowest BCUT2D eigenvalue weighted by molar-refractivity contribution is 0.620. The quantitative estimate of drug-likeness (QED) is 0.710. The highest BCUT2D eigenvalue weighted by atomic mass is 127. The molecular weight excluding hydrogens is 268 g/mol. The summed E-state index contributed by atoms with van der Waals surface area (Å²) >= 11 is 2.23. The average molecular weight is 275 g/mol. The summed E-state index contributed by atoms with van der Waals surface area (Å²) in [6, 6.07) is 3.31. The van der Waals surface area contributed by atoms with Gasteiger partial charge >= 0.3 is 0 Å². The van der Waals surface area contributed by atoms with Gasteiger partial charge in [-0.15, -0.1) is 0 Å². The molecule has 3 heteroatoms. The number of H-pyrrole nitrogens is 1. The van der Waals surface area contributed by atoms with Crippen molar-refractivity contribution in [3.05, 3.63) is 33.3 Å². The molecule has 0 unspecified atom stereocenters. The summed E-state index contributed by atoms with van der Waals surface area (Å²) in [4.78, 5) is 3.05. The smallest absolute Gasteiger partial charge is 0.128 e. The van der Waals surface area contributed by atoms with Crippen molar-refractivity contribution in [2.24, 2.45) is 0 Å². The maximum absolute atomic E-state index is 13.0. The number of hydrogen-bond donors (Lipinski definition) is 1. The molecule has 0 bridgehead atoms. The van der Waals surface area contributed by atoms with Crippen LogP contribution in [0.1, 0.15) is 5.56 Å². The first kappa shape index (κ1) is 8.04. The molecule has 62 valence electrons. The molecule has 0 aliphatic rings. The normalized spacial score (nSPS) is 10.9. The minimum absolute atomic E-state index is 0.152. The van der Waals surface area contributed by atoms with E-state index in [1.54, 1.807) is 13.0 Å². The minimum atomic E-state index is -0.152. The number of hydrogen-bond acceptors (Lipinski definition) is 0. The molecule has 0 amide bonds. The van der Waals surface area contributed by atoms with Gasteiger partial charge in [-0.05, 0) is 41.6 Å². The summed E-state index contributed by atoms with van der Waals surface area (Å²) in [5.41, 5.74) is 1.59. The molecule has 1 nitrogen and oxygen atoms in total. The predicted molar refractivity (Wildman–Crippen MR) is 55.7 cm³/mol. The third-order valence-electron chi connectivity index (χ3n) is 2.00. The number of benzene rings is 1. The van der Waals surface area contributed by atoms with Crippen LogP contribution in [0.3, 0.4) is 0 Å². The molecule has 0 atom stereocenters. The Balaban J connectivity index is 2.93. The highest BCUT2D eigenvalue weighted by Crippen LogP contribution is 2.24. The Kier molecular flexibility index (Phi) is 1.83. The molecule has 1 N–H and O–H groups in total. The Labute approximate surface area is 83.1 Å². The molecular formula is C9H7FIN.